The molecule has 0 unspecified atom stereocenters. The van der Waals surface area contributed by atoms with Crippen LogP contribution in [0.5, 0.6) is 0 Å². The number of halogens is 3. The first-order chi connectivity index (χ1) is 14.2. The highest BCUT2D eigenvalue weighted by atomic mass is 32.2. The predicted molar refractivity (Wildman–Crippen MR) is 114 cm³/mol. The van der Waals surface area contributed by atoms with Crippen LogP contribution in [0.4, 0.5) is 24.5 Å². The van der Waals surface area contributed by atoms with Gasteiger partial charge in [-0.05, 0) is 54.1 Å². The molecule has 156 valence electrons. The van der Waals surface area contributed by atoms with Crippen molar-refractivity contribution in [2.24, 2.45) is 0 Å². The van der Waals surface area contributed by atoms with Gasteiger partial charge in [-0.1, -0.05) is 6.07 Å². The van der Waals surface area contributed by atoms with E-state index < -0.39 is 17.6 Å². The SMILES string of the molecule is CN(C)c1ccc(NC(=O)c2ccc(SCc3cccnc3)cc2)c(C(F)(F)F)c1. The number of benzene rings is 2. The van der Waals surface area contributed by atoms with Gasteiger partial charge in [0.1, 0.15) is 0 Å². The van der Waals surface area contributed by atoms with Crippen molar-refractivity contribution in [3.8, 4) is 0 Å². The van der Waals surface area contributed by atoms with E-state index in [1.807, 2.05) is 12.1 Å². The number of pyridine rings is 1. The van der Waals surface area contributed by atoms with Crippen molar-refractivity contribution in [1.29, 1.82) is 0 Å². The highest BCUT2D eigenvalue weighted by Crippen LogP contribution is 2.37. The number of amides is 1. The molecule has 0 aliphatic heterocycles. The molecule has 8 heteroatoms. The molecule has 0 atom stereocenters. The van der Waals surface area contributed by atoms with Gasteiger partial charge in [0, 0.05) is 48.4 Å². The predicted octanol–water partition coefficient (Wildman–Crippen LogP) is 5.71. The van der Waals surface area contributed by atoms with Gasteiger partial charge in [-0.2, -0.15) is 13.2 Å². The smallest absolute Gasteiger partial charge is 0.378 e. The lowest BCUT2D eigenvalue weighted by Gasteiger charge is -2.18. The Morgan fingerprint density at radius 2 is 1.83 bits per heavy atom. The molecule has 0 saturated carbocycles. The summed E-state index contributed by atoms with van der Waals surface area (Å²) < 4.78 is 40.3. The molecule has 3 aromatic rings. The molecule has 1 amide bonds. The second-order valence-electron chi connectivity index (χ2n) is 6.75. The Bertz CT molecular complexity index is 1010. The third-order valence-corrected chi connectivity index (χ3v) is 5.40. The van der Waals surface area contributed by atoms with Crippen LogP contribution in [-0.2, 0) is 11.9 Å². The van der Waals surface area contributed by atoms with Crippen LogP contribution in [0.15, 0.2) is 71.9 Å². The first-order valence-electron chi connectivity index (χ1n) is 9.06. The van der Waals surface area contributed by atoms with Crippen molar-refractivity contribution < 1.29 is 18.0 Å². The molecule has 4 nitrogen and oxygen atoms in total. The number of nitrogens with zero attached hydrogens (tertiary/aromatic N) is 2. The molecular formula is C22H20F3N3OS. The lowest BCUT2D eigenvalue weighted by molar-refractivity contribution is -0.136. The molecular weight excluding hydrogens is 411 g/mol. The average molecular weight is 431 g/mol. The first-order valence-corrected chi connectivity index (χ1v) is 10.0. The standard InChI is InChI=1S/C22H20F3N3OS/c1-28(2)17-7-10-20(19(12-17)22(23,24)25)27-21(29)16-5-8-18(9-6-16)30-14-15-4-3-11-26-13-15/h3-13H,14H2,1-2H3,(H,27,29). The zero-order chi connectivity index (χ0) is 21.7. The summed E-state index contributed by atoms with van der Waals surface area (Å²) in [5.41, 5.74) is 0.602. The van der Waals surface area contributed by atoms with Crippen molar-refractivity contribution in [1.82, 2.24) is 4.98 Å². The van der Waals surface area contributed by atoms with Crippen LogP contribution in [0.3, 0.4) is 0 Å². The van der Waals surface area contributed by atoms with Crippen LogP contribution in [0.25, 0.3) is 0 Å². The maximum atomic E-state index is 13.4. The van der Waals surface area contributed by atoms with E-state index in [0.29, 0.717) is 5.69 Å². The summed E-state index contributed by atoms with van der Waals surface area (Å²) in [5, 5.41) is 2.38. The van der Waals surface area contributed by atoms with Gasteiger partial charge in [-0.25, -0.2) is 0 Å². The third kappa shape index (κ3) is 5.54. The van der Waals surface area contributed by atoms with E-state index in [1.165, 1.54) is 12.1 Å². The Hall–Kier alpha value is -3.00. The van der Waals surface area contributed by atoms with Crippen LogP contribution < -0.4 is 10.2 Å². The maximum absolute atomic E-state index is 13.4. The Morgan fingerprint density at radius 3 is 2.43 bits per heavy atom. The number of anilines is 2. The number of carbonyl (C=O) groups excluding carboxylic acids is 1. The largest absolute Gasteiger partial charge is 0.418 e. The Balaban J connectivity index is 1.71. The van der Waals surface area contributed by atoms with E-state index >= 15 is 0 Å². The van der Waals surface area contributed by atoms with Gasteiger partial charge in [-0.15, -0.1) is 11.8 Å². The first kappa shape index (κ1) is 21.7. The van der Waals surface area contributed by atoms with Gasteiger partial charge in [0.25, 0.3) is 5.91 Å². The molecule has 0 bridgehead atoms. The molecule has 30 heavy (non-hydrogen) atoms. The minimum absolute atomic E-state index is 0.270. The second kappa shape index (κ2) is 9.21. The molecule has 0 spiro atoms. The topological polar surface area (TPSA) is 45.2 Å². The summed E-state index contributed by atoms with van der Waals surface area (Å²) in [6.07, 6.45) is -1.09. The van der Waals surface area contributed by atoms with Gasteiger partial charge < -0.3 is 10.2 Å². The van der Waals surface area contributed by atoms with Gasteiger partial charge in [0.2, 0.25) is 0 Å². The quantitative estimate of drug-likeness (QED) is 0.508. The lowest BCUT2D eigenvalue weighted by Crippen LogP contribution is -2.18. The van der Waals surface area contributed by atoms with E-state index in [-0.39, 0.29) is 11.3 Å². The number of rotatable bonds is 6. The van der Waals surface area contributed by atoms with Gasteiger partial charge in [0.05, 0.1) is 11.3 Å². The monoisotopic (exact) mass is 431 g/mol. The minimum atomic E-state index is -4.58. The molecule has 1 aromatic heterocycles. The summed E-state index contributed by atoms with van der Waals surface area (Å²) in [6.45, 7) is 0. The van der Waals surface area contributed by atoms with Gasteiger partial charge >= 0.3 is 6.18 Å². The molecule has 1 N–H and O–H groups in total. The molecule has 0 fully saturated rings. The van der Waals surface area contributed by atoms with Crippen molar-refractivity contribution in [2.45, 2.75) is 16.8 Å². The third-order valence-electron chi connectivity index (χ3n) is 4.32. The fourth-order valence-corrected chi connectivity index (χ4v) is 3.53. The Labute approximate surface area is 177 Å². The van der Waals surface area contributed by atoms with Crippen molar-refractivity contribution in [3.63, 3.8) is 0 Å². The number of hydrogen-bond acceptors (Lipinski definition) is 4. The van der Waals surface area contributed by atoms with Crippen LogP contribution >= 0.6 is 11.8 Å². The summed E-state index contributed by atoms with van der Waals surface area (Å²) in [6, 6.07) is 14.4. The summed E-state index contributed by atoms with van der Waals surface area (Å²) in [5.74, 6) is 0.133. The summed E-state index contributed by atoms with van der Waals surface area (Å²) in [7, 11) is 3.31. The zero-order valence-corrected chi connectivity index (χ0v) is 17.2. The number of hydrogen-bond donors (Lipinski definition) is 1. The molecule has 3 rings (SSSR count). The molecule has 1 heterocycles. The highest BCUT2D eigenvalue weighted by molar-refractivity contribution is 7.98. The van der Waals surface area contributed by atoms with Gasteiger partial charge in [0.15, 0.2) is 0 Å². The van der Waals surface area contributed by atoms with Crippen LogP contribution in [-0.4, -0.2) is 25.0 Å². The normalized spacial score (nSPS) is 11.2. The minimum Gasteiger partial charge on any atom is -0.378 e. The zero-order valence-electron chi connectivity index (χ0n) is 16.4. The summed E-state index contributed by atoms with van der Waals surface area (Å²) in [4.78, 5) is 19.1. The van der Waals surface area contributed by atoms with Gasteiger partial charge in [-0.3, -0.25) is 9.78 Å². The number of alkyl halides is 3. The van der Waals surface area contributed by atoms with Crippen molar-refractivity contribution in [2.75, 3.05) is 24.3 Å². The summed E-state index contributed by atoms with van der Waals surface area (Å²) >= 11 is 1.58. The highest BCUT2D eigenvalue weighted by Gasteiger charge is 2.34. The molecule has 0 aliphatic carbocycles. The molecule has 0 radical (unpaired) electrons. The van der Waals surface area contributed by atoms with Crippen LogP contribution in [0.2, 0.25) is 0 Å². The molecule has 0 saturated heterocycles. The van der Waals surface area contributed by atoms with Crippen molar-refractivity contribution >= 4 is 29.0 Å². The van der Waals surface area contributed by atoms with E-state index in [2.05, 4.69) is 10.3 Å². The Morgan fingerprint density at radius 1 is 1.10 bits per heavy atom. The number of thioether (sulfide) groups is 1. The van der Waals surface area contributed by atoms with Crippen molar-refractivity contribution in [3.05, 3.63) is 83.7 Å². The molecule has 2 aromatic carbocycles. The average Bonchev–Trinajstić information content (AvgIpc) is 2.72. The fraction of sp³-hybridized carbons (Fsp3) is 0.182. The van der Waals surface area contributed by atoms with Crippen LogP contribution in [0, 0.1) is 0 Å². The van der Waals surface area contributed by atoms with E-state index in [9.17, 15) is 18.0 Å². The lowest BCUT2D eigenvalue weighted by atomic mass is 10.1. The number of aromatic nitrogens is 1. The fourth-order valence-electron chi connectivity index (χ4n) is 2.70. The van der Waals surface area contributed by atoms with E-state index in [1.54, 1.807) is 67.4 Å². The van der Waals surface area contributed by atoms with E-state index in [0.717, 1.165) is 22.3 Å². The van der Waals surface area contributed by atoms with Crippen LogP contribution in [0.1, 0.15) is 21.5 Å². The van der Waals surface area contributed by atoms with E-state index in [4.69, 9.17) is 0 Å². The second-order valence-corrected chi connectivity index (χ2v) is 7.80. The maximum Gasteiger partial charge on any atom is 0.418 e. The number of carbonyl (C=O) groups is 1. The Kier molecular flexibility index (Phi) is 6.66. The molecule has 0 aliphatic rings. The number of nitrogens with one attached hydrogen (secondary N) is 1.